The molecular weight excluding hydrogens is 252 g/mol. The van der Waals surface area contributed by atoms with Gasteiger partial charge in [-0.15, -0.1) is 13.2 Å². The Morgan fingerprint density at radius 3 is 1.29 bits per heavy atom. The van der Waals surface area contributed by atoms with E-state index in [2.05, 4.69) is 61.6 Å². The van der Waals surface area contributed by atoms with Crippen molar-refractivity contribution in [3.8, 4) is 0 Å². The smallest absolute Gasteiger partial charge is 0.0228 e. The van der Waals surface area contributed by atoms with Gasteiger partial charge in [0.05, 0.1) is 0 Å². The molecule has 0 heterocycles. The van der Waals surface area contributed by atoms with Gasteiger partial charge >= 0.3 is 0 Å². The molecule has 0 atom stereocenters. The molecule has 0 saturated heterocycles. The Morgan fingerprint density at radius 1 is 0.619 bits per heavy atom. The van der Waals surface area contributed by atoms with Crippen LogP contribution in [0.2, 0.25) is 0 Å². The van der Waals surface area contributed by atoms with Crippen molar-refractivity contribution >= 4 is 0 Å². The fourth-order valence-electron chi connectivity index (χ4n) is 4.25. The maximum atomic E-state index is 3.00. The van der Waals surface area contributed by atoms with Gasteiger partial charge in [-0.3, -0.25) is 0 Å². The van der Waals surface area contributed by atoms with Gasteiger partial charge < -0.3 is 0 Å². The van der Waals surface area contributed by atoms with Crippen LogP contribution in [0.5, 0.6) is 0 Å². The van der Waals surface area contributed by atoms with Crippen LogP contribution in [0.25, 0.3) is 0 Å². The van der Waals surface area contributed by atoms with Crippen molar-refractivity contribution in [3.05, 3.63) is 13.2 Å². The summed E-state index contributed by atoms with van der Waals surface area (Å²) >= 11 is 0. The first kappa shape index (κ1) is 23.0. The molecular formula is C21H44. The SMILES string of the molecule is C=C.CCCCCCCCCC(C(C)C)(C(C)C)C(C)C. The predicted molar refractivity (Wildman–Crippen MR) is 101 cm³/mol. The molecule has 0 aliphatic carbocycles. The zero-order valence-corrected chi connectivity index (χ0v) is 16.3. The highest BCUT2D eigenvalue weighted by molar-refractivity contribution is 4.88. The molecule has 0 aromatic heterocycles. The van der Waals surface area contributed by atoms with E-state index in [1.54, 1.807) is 0 Å². The number of hydrogen-bond acceptors (Lipinski definition) is 0. The van der Waals surface area contributed by atoms with Crippen LogP contribution >= 0.6 is 0 Å². The fraction of sp³-hybridized carbons (Fsp3) is 0.905. The predicted octanol–water partition coefficient (Wildman–Crippen LogP) is 7.88. The summed E-state index contributed by atoms with van der Waals surface area (Å²) in [5.74, 6) is 2.40. The van der Waals surface area contributed by atoms with Crippen molar-refractivity contribution in [1.29, 1.82) is 0 Å². The lowest BCUT2D eigenvalue weighted by atomic mass is 9.60. The standard InChI is InChI=1S/C19H40.C2H4/c1-8-9-10-11-12-13-14-15-19(16(2)3,17(4)5)18(6)7;1-2/h16-18H,8-15H2,1-7H3;1-2H2. The summed E-state index contributed by atoms with van der Waals surface area (Å²) in [6.45, 7) is 22.9. The zero-order chi connectivity index (χ0) is 16.9. The molecule has 21 heavy (non-hydrogen) atoms. The lowest BCUT2D eigenvalue weighted by Crippen LogP contribution is -2.38. The molecule has 128 valence electrons. The third-order valence-corrected chi connectivity index (χ3v) is 5.44. The summed E-state index contributed by atoms with van der Waals surface area (Å²) in [6, 6.07) is 0. The van der Waals surface area contributed by atoms with Crippen LogP contribution in [0.3, 0.4) is 0 Å². The van der Waals surface area contributed by atoms with E-state index in [1.807, 2.05) is 0 Å². The molecule has 0 aromatic carbocycles. The monoisotopic (exact) mass is 296 g/mol. The van der Waals surface area contributed by atoms with Crippen molar-refractivity contribution in [2.75, 3.05) is 0 Å². The highest BCUT2D eigenvalue weighted by Gasteiger charge is 2.39. The molecule has 0 saturated carbocycles. The van der Waals surface area contributed by atoms with Crippen molar-refractivity contribution in [3.63, 3.8) is 0 Å². The third-order valence-electron chi connectivity index (χ3n) is 5.44. The highest BCUT2D eigenvalue weighted by atomic mass is 14.4. The quantitative estimate of drug-likeness (QED) is 0.268. The number of unbranched alkanes of at least 4 members (excludes halogenated alkanes) is 6. The molecule has 0 unspecified atom stereocenters. The molecule has 0 rings (SSSR count). The van der Waals surface area contributed by atoms with Gasteiger partial charge in [0.2, 0.25) is 0 Å². The molecule has 0 amide bonds. The van der Waals surface area contributed by atoms with E-state index < -0.39 is 0 Å². The highest BCUT2D eigenvalue weighted by Crippen LogP contribution is 2.47. The van der Waals surface area contributed by atoms with Gasteiger partial charge in [-0.1, -0.05) is 93.4 Å². The second-order valence-corrected chi connectivity index (χ2v) is 7.45. The molecule has 0 aliphatic rings. The Morgan fingerprint density at radius 2 is 0.952 bits per heavy atom. The van der Waals surface area contributed by atoms with Gasteiger partial charge in [-0.25, -0.2) is 0 Å². The number of hydrogen-bond donors (Lipinski definition) is 0. The second kappa shape index (κ2) is 13.4. The minimum Gasteiger partial charge on any atom is -0.106 e. The normalized spacial score (nSPS) is 11.9. The Bertz CT molecular complexity index is 190. The van der Waals surface area contributed by atoms with E-state index in [-0.39, 0.29) is 0 Å². The Balaban J connectivity index is 0. The van der Waals surface area contributed by atoms with E-state index in [0.717, 1.165) is 17.8 Å². The van der Waals surface area contributed by atoms with Crippen LogP contribution in [0.1, 0.15) is 99.8 Å². The first-order chi connectivity index (χ1) is 9.89. The molecule has 0 bridgehead atoms. The van der Waals surface area contributed by atoms with Crippen molar-refractivity contribution < 1.29 is 0 Å². The molecule has 0 fully saturated rings. The van der Waals surface area contributed by atoms with E-state index in [4.69, 9.17) is 0 Å². The van der Waals surface area contributed by atoms with Crippen LogP contribution in [0, 0.1) is 23.2 Å². The van der Waals surface area contributed by atoms with Crippen molar-refractivity contribution in [1.82, 2.24) is 0 Å². The average Bonchev–Trinajstić information content (AvgIpc) is 2.43. The molecule has 0 spiro atoms. The van der Waals surface area contributed by atoms with E-state index >= 15 is 0 Å². The molecule has 0 aromatic rings. The Hall–Kier alpha value is -0.260. The first-order valence-electron chi connectivity index (χ1n) is 9.39. The van der Waals surface area contributed by atoms with Gasteiger partial charge in [0.1, 0.15) is 0 Å². The van der Waals surface area contributed by atoms with Gasteiger partial charge in [0.25, 0.3) is 0 Å². The summed E-state index contributed by atoms with van der Waals surface area (Å²) in [7, 11) is 0. The van der Waals surface area contributed by atoms with Gasteiger partial charge in [-0.05, 0) is 29.6 Å². The Labute approximate surface area is 136 Å². The summed E-state index contributed by atoms with van der Waals surface area (Å²) in [6.07, 6.45) is 11.4. The summed E-state index contributed by atoms with van der Waals surface area (Å²) < 4.78 is 0. The van der Waals surface area contributed by atoms with E-state index in [0.29, 0.717) is 5.41 Å². The average molecular weight is 297 g/mol. The summed E-state index contributed by atoms with van der Waals surface area (Å²) in [5.41, 5.74) is 0.545. The third kappa shape index (κ3) is 8.07. The van der Waals surface area contributed by atoms with Crippen molar-refractivity contribution in [2.45, 2.75) is 99.8 Å². The molecule has 0 aliphatic heterocycles. The number of rotatable bonds is 11. The minimum absolute atomic E-state index is 0.545. The summed E-state index contributed by atoms with van der Waals surface area (Å²) in [4.78, 5) is 0. The molecule has 0 nitrogen and oxygen atoms in total. The Kier molecular flexibility index (Phi) is 14.7. The maximum Gasteiger partial charge on any atom is -0.0228 e. The fourth-order valence-corrected chi connectivity index (χ4v) is 4.25. The molecule has 0 radical (unpaired) electrons. The van der Waals surface area contributed by atoms with Crippen molar-refractivity contribution in [2.24, 2.45) is 23.2 Å². The minimum atomic E-state index is 0.545. The molecule has 0 heteroatoms. The second-order valence-electron chi connectivity index (χ2n) is 7.45. The van der Waals surface area contributed by atoms with Crippen LogP contribution in [-0.4, -0.2) is 0 Å². The molecule has 0 N–H and O–H groups in total. The zero-order valence-electron chi connectivity index (χ0n) is 16.3. The van der Waals surface area contributed by atoms with Gasteiger partial charge in [0.15, 0.2) is 0 Å². The van der Waals surface area contributed by atoms with Crippen LogP contribution in [-0.2, 0) is 0 Å². The topological polar surface area (TPSA) is 0 Å². The lowest BCUT2D eigenvalue weighted by molar-refractivity contribution is 0.0356. The van der Waals surface area contributed by atoms with E-state index in [1.165, 1.54) is 51.4 Å². The van der Waals surface area contributed by atoms with Gasteiger partial charge in [-0.2, -0.15) is 0 Å². The maximum absolute atomic E-state index is 3.00. The van der Waals surface area contributed by atoms with Crippen LogP contribution < -0.4 is 0 Å². The van der Waals surface area contributed by atoms with Gasteiger partial charge in [0, 0.05) is 0 Å². The summed E-state index contributed by atoms with van der Waals surface area (Å²) in [5, 5.41) is 0. The first-order valence-corrected chi connectivity index (χ1v) is 9.39. The lowest BCUT2D eigenvalue weighted by Gasteiger charge is -2.45. The van der Waals surface area contributed by atoms with Crippen LogP contribution in [0.15, 0.2) is 13.2 Å². The van der Waals surface area contributed by atoms with E-state index in [9.17, 15) is 0 Å². The van der Waals surface area contributed by atoms with Crippen LogP contribution in [0.4, 0.5) is 0 Å². The largest absolute Gasteiger partial charge is 0.106 e.